The van der Waals surface area contributed by atoms with E-state index < -0.39 is 0 Å². The fraction of sp³-hybridized carbons (Fsp3) is 0.500. The highest BCUT2D eigenvalue weighted by Gasteiger charge is 2.21. The highest BCUT2D eigenvalue weighted by Crippen LogP contribution is 2.18. The second kappa shape index (κ2) is 5.68. The van der Waals surface area contributed by atoms with Crippen molar-refractivity contribution < 1.29 is 0 Å². The van der Waals surface area contributed by atoms with E-state index in [9.17, 15) is 0 Å². The van der Waals surface area contributed by atoms with E-state index in [2.05, 4.69) is 51.8 Å². The van der Waals surface area contributed by atoms with Gasteiger partial charge in [0.15, 0.2) is 0 Å². The third-order valence-corrected chi connectivity index (χ3v) is 3.86. The van der Waals surface area contributed by atoms with Crippen molar-refractivity contribution in [1.82, 2.24) is 30.4 Å². The fourth-order valence-corrected chi connectivity index (χ4v) is 2.74. The molecule has 2 aromatic rings. The Bertz CT molecular complexity index is 553. The quantitative estimate of drug-likeness (QED) is 0.900. The lowest BCUT2D eigenvalue weighted by Gasteiger charge is -2.20. The summed E-state index contributed by atoms with van der Waals surface area (Å²) in [6.07, 6.45) is 2.83. The maximum atomic E-state index is 3.93. The van der Waals surface area contributed by atoms with E-state index in [1.54, 1.807) is 11.0 Å². The minimum Gasteiger partial charge on any atom is -0.306 e. The lowest BCUT2D eigenvalue weighted by atomic mass is 10.1. The van der Waals surface area contributed by atoms with Gasteiger partial charge in [-0.05, 0) is 55.1 Å². The Kier molecular flexibility index (Phi) is 3.75. The van der Waals surface area contributed by atoms with Gasteiger partial charge in [0.2, 0.25) is 0 Å². The molecule has 1 aliphatic heterocycles. The largest absolute Gasteiger partial charge is 0.306 e. The van der Waals surface area contributed by atoms with Crippen LogP contribution in [0.1, 0.15) is 24.9 Å². The molecule has 2 atom stereocenters. The van der Waals surface area contributed by atoms with Gasteiger partial charge < -0.3 is 10.2 Å². The maximum absolute atomic E-state index is 3.93. The number of tetrazole rings is 1. The number of hydrogen-bond acceptors (Lipinski definition) is 5. The molecule has 1 N–H and O–H groups in total. The number of nitrogens with zero attached hydrogens (tertiary/aromatic N) is 5. The molecule has 6 nitrogen and oxygen atoms in total. The van der Waals surface area contributed by atoms with Crippen molar-refractivity contribution in [2.75, 3.05) is 20.1 Å². The molecule has 106 valence electrons. The molecule has 2 heterocycles. The van der Waals surface area contributed by atoms with Crippen LogP contribution in [-0.4, -0.2) is 51.3 Å². The van der Waals surface area contributed by atoms with Gasteiger partial charge in [-0.3, -0.25) is 0 Å². The van der Waals surface area contributed by atoms with E-state index in [4.69, 9.17) is 0 Å². The van der Waals surface area contributed by atoms with E-state index in [1.165, 1.54) is 18.5 Å². The van der Waals surface area contributed by atoms with Crippen molar-refractivity contribution in [2.45, 2.75) is 25.4 Å². The van der Waals surface area contributed by atoms with Gasteiger partial charge in [0.25, 0.3) is 0 Å². The first-order valence-corrected chi connectivity index (χ1v) is 7.00. The molecule has 1 saturated heterocycles. The van der Waals surface area contributed by atoms with Crippen LogP contribution in [-0.2, 0) is 0 Å². The zero-order valence-corrected chi connectivity index (χ0v) is 11.9. The second-order valence-corrected chi connectivity index (χ2v) is 5.49. The summed E-state index contributed by atoms with van der Waals surface area (Å²) >= 11 is 0. The molecule has 20 heavy (non-hydrogen) atoms. The van der Waals surface area contributed by atoms with Gasteiger partial charge >= 0.3 is 0 Å². The lowest BCUT2D eigenvalue weighted by Crippen LogP contribution is -2.33. The second-order valence-electron chi connectivity index (χ2n) is 5.49. The molecular formula is C14H20N6. The molecule has 0 radical (unpaired) electrons. The molecular weight excluding hydrogens is 252 g/mol. The number of likely N-dealkylation sites (N-methyl/N-ethyl adjacent to an activating group) is 1. The van der Waals surface area contributed by atoms with Crippen LogP contribution in [0.5, 0.6) is 0 Å². The first-order valence-electron chi connectivity index (χ1n) is 7.00. The molecule has 0 bridgehead atoms. The number of benzene rings is 1. The van der Waals surface area contributed by atoms with E-state index in [1.807, 2.05) is 12.1 Å². The van der Waals surface area contributed by atoms with Crippen molar-refractivity contribution in [2.24, 2.45) is 0 Å². The topological polar surface area (TPSA) is 58.9 Å². The monoisotopic (exact) mass is 272 g/mol. The molecule has 0 amide bonds. The first kappa shape index (κ1) is 13.2. The molecule has 0 aliphatic carbocycles. The molecule has 3 rings (SSSR count). The first-order chi connectivity index (χ1) is 9.72. The summed E-state index contributed by atoms with van der Waals surface area (Å²) < 4.78 is 1.68. The third-order valence-electron chi connectivity index (χ3n) is 3.86. The zero-order chi connectivity index (χ0) is 13.9. The maximum Gasteiger partial charge on any atom is 0.143 e. The lowest BCUT2D eigenvalue weighted by molar-refractivity contribution is 0.387. The van der Waals surface area contributed by atoms with Crippen LogP contribution in [0, 0.1) is 0 Å². The van der Waals surface area contributed by atoms with Gasteiger partial charge in [-0.1, -0.05) is 12.1 Å². The number of nitrogens with one attached hydrogen (secondary N) is 1. The number of likely N-dealkylation sites (tertiary alicyclic amines) is 1. The normalized spacial score (nSPS) is 21.2. The highest BCUT2D eigenvalue weighted by molar-refractivity contribution is 5.35. The van der Waals surface area contributed by atoms with Crippen LogP contribution < -0.4 is 5.32 Å². The average molecular weight is 272 g/mol. The predicted octanol–water partition coefficient (Wildman–Crippen LogP) is 1.02. The van der Waals surface area contributed by atoms with Crippen molar-refractivity contribution in [1.29, 1.82) is 0 Å². The van der Waals surface area contributed by atoms with Crippen molar-refractivity contribution in [3.05, 3.63) is 36.2 Å². The van der Waals surface area contributed by atoms with Crippen LogP contribution in [0.2, 0.25) is 0 Å². The van der Waals surface area contributed by atoms with Crippen LogP contribution in [0.15, 0.2) is 30.6 Å². The van der Waals surface area contributed by atoms with Crippen LogP contribution in [0.25, 0.3) is 5.69 Å². The summed E-state index contributed by atoms with van der Waals surface area (Å²) in [5.41, 5.74) is 2.25. The summed E-state index contributed by atoms with van der Waals surface area (Å²) in [6.45, 7) is 4.50. The van der Waals surface area contributed by atoms with Crippen molar-refractivity contribution >= 4 is 0 Å². The predicted molar refractivity (Wildman–Crippen MR) is 76.6 cm³/mol. The standard InChI is InChI=1S/C14H20N6/c1-11(16-13-6-7-19(2)9-13)12-4-3-5-14(8-12)20-10-15-17-18-20/h3-5,8,10-11,13,16H,6-7,9H2,1-2H3. The van der Waals surface area contributed by atoms with Gasteiger partial charge in [0, 0.05) is 18.6 Å². The van der Waals surface area contributed by atoms with E-state index in [0.717, 1.165) is 12.2 Å². The van der Waals surface area contributed by atoms with Gasteiger partial charge in [0.05, 0.1) is 5.69 Å². The van der Waals surface area contributed by atoms with Gasteiger partial charge in [-0.2, -0.15) is 0 Å². The van der Waals surface area contributed by atoms with E-state index in [0.29, 0.717) is 12.1 Å². The third kappa shape index (κ3) is 2.86. The van der Waals surface area contributed by atoms with Crippen LogP contribution in [0.3, 0.4) is 0 Å². The molecule has 0 spiro atoms. The van der Waals surface area contributed by atoms with Gasteiger partial charge in [-0.25, -0.2) is 4.68 Å². The molecule has 1 fully saturated rings. The summed E-state index contributed by atoms with van der Waals surface area (Å²) in [5.74, 6) is 0. The van der Waals surface area contributed by atoms with Crippen molar-refractivity contribution in [3.8, 4) is 5.69 Å². The van der Waals surface area contributed by atoms with E-state index >= 15 is 0 Å². The van der Waals surface area contributed by atoms with Crippen molar-refractivity contribution in [3.63, 3.8) is 0 Å². The molecule has 0 saturated carbocycles. The van der Waals surface area contributed by atoms with Gasteiger partial charge in [0.1, 0.15) is 6.33 Å². The molecule has 1 aromatic carbocycles. The number of hydrogen-bond donors (Lipinski definition) is 1. The Labute approximate surface area is 118 Å². The Morgan fingerprint density at radius 1 is 1.40 bits per heavy atom. The Morgan fingerprint density at radius 3 is 3.00 bits per heavy atom. The zero-order valence-electron chi connectivity index (χ0n) is 11.9. The molecule has 1 aromatic heterocycles. The minimum absolute atomic E-state index is 0.322. The minimum atomic E-state index is 0.322. The summed E-state index contributed by atoms with van der Waals surface area (Å²) in [5, 5.41) is 15.0. The SMILES string of the molecule is CC(NC1CCN(C)C1)c1cccc(-n2cnnn2)c1. The van der Waals surface area contributed by atoms with Crippen LogP contribution in [0.4, 0.5) is 0 Å². The highest BCUT2D eigenvalue weighted by atomic mass is 15.5. The van der Waals surface area contributed by atoms with Crippen LogP contribution >= 0.6 is 0 Å². The van der Waals surface area contributed by atoms with Gasteiger partial charge in [-0.15, -0.1) is 5.10 Å². The molecule has 6 heteroatoms. The number of rotatable bonds is 4. The average Bonchev–Trinajstić information content (AvgIpc) is 3.11. The Balaban J connectivity index is 1.71. The Hall–Kier alpha value is -1.79. The smallest absolute Gasteiger partial charge is 0.143 e. The summed E-state index contributed by atoms with van der Waals surface area (Å²) in [4.78, 5) is 2.36. The fourth-order valence-electron chi connectivity index (χ4n) is 2.74. The molecule has 1 aliphatic rings. The molecule has 2 unspecified atom stereocenters. The summed E-state index contributed by atoms with van der Waals surface area (Å²) in [6, 6.07) is 9.23. The van der Waals surface area contributed by atoms with E-state index in [-0.39, 0.29) is 0 Å². The Morgan fingerprint density at radius 2 is 2.30 bits per heavy atom. The number of aromatic nitrogens is 4. The summed E-state index contributed by atoms with van der Waals surface area (Å²) in [7, 11) is 2.17.